The molecular weight excluding hydrogens is 198 g/mol. The summed E-state index contributed by atoms with van der Waals surface area (Å²) in [6.45, 7) is 0.899. The van der Waals surface area contributed by atoms with Gasteiger partial charge in [-0.15, -0.1) is 0 Å². The van der Waals surface area contributed by atoms with Crippen molar-refractivity contribution in [2.24, 2.45) is 0 Å². The lowest BCUT2D eigenvalue weighted by molar-refractivity contribution is -0.612. The first-order valence-electron chi connectivity index (χ1n) is 5.29. The zero-order chi connectivity index (χ0) is 11.4. The van der Waals surface area contributed by atoms with Crippen LogP contribution >= 0.6 is 0 Å². The predicted molar refractivity (Wildman–Crippen MR) is 64.5 cm³/mol. The lowest BCUT2D eigenvalue weighted by Crippen LogP contribution is -2.74. The predicted octanol–water partition coefficient (Wildman–Crippen LogP) is 1.91. The number of aromatic hydroxyl groups is 1. The molecule has 0 aliphatic carbocycles. The lowest BCUT2D eigenvalue weighted by Gasteiger charge is -2.04. The van der Waals surface area contributed by atoms with Crippen LogP contribution in [0.2, 0.25) is 0 Å². The molecule has 2 rings (SSSR count). The smallest absolute Gasteiger partial charge is 0.115 e. The molecule has 0 aromatic heterocycles. The van der Waals surface area contributed by atoms with E-state index in [4.69, 9.17) is 0 Å². The van der Waals surface area contributed by atoms with E-state index in [9.17, 15) is 5.11 Å². The summed E-state index contributed by atoms with van der Waals surface area (Å²) in [4.78, 5) is 0. The monoisotopic (exact) mass is 213 g/mol. The molecule has 0 aliphatic heterocycles. The number of quaternary nitrogens is 1. The van der Waals surface area contributed by atoms with Crippen LogP contribution in [0.3, 0.4) is 0 Å². The minimum absolute atomic E-state index is 0.298. The van der Waals surface area contributed by atoms with Crippen molar-refractivity contribution in [2.75, 3.05) is 0 Å². The number of hydrogen-bond acceptors (Lipinski definition) is 1. The summed E-state index contributed by atoms with van der Waals surface area (Å²) < 4.78 is 0. The lowest BCUT2D eigenvalue weighted by atomic mass is 10.0. The highest BCUT2D eigenvalue weighted by molar-refractivity contribution is 5.64. The molecule has 0 amide bonds. The van der Waals surface area contributed by atoms with E-state index in [0.717, 1.165) is 17.7 Å². The topological polar surface area (TPSA) is 36.8 Å². The molecule has 3 N–H and O–H groups in total. The first-order valence-corrected chi connectivity index (χ1v) is 5.29. The van der Waals surface area contributed by atoms with Crippen LogP contribution < -0.4 is 5.32 Å². The Morgan fingerprint density at radius 2 is 1.38 bits per heavy atom. The van der Waals surface area contributed by atoms with E-state index in [0.29, 0.717) is 5.75 Å². The van der Waals surface area contributed by atoms with Crippen LogP contribution in [0.5, 0.6) is 5.75 Å². The van der Waals surface area contributed by atoms with Crippen molar-refractivity contribution < 1.29 is 10.4 Å². The van der Waals surface area contributed by atoms with Gasteiger partial charge in [-0.25, -0.2) is 0 Å². The standard InChI is InChI=1S/C14H15NO/c1-15-10-11-2-4-12(5-3-11)13-6-8-14(16)9-7-13/h2-9,16H,1,10,15H2. The Labute approximate surface area is 95.6 Å². The van der Waals surface area contributed by atoms with Crippen molar-refractivity contribution in [3.05, 3.63) is 61.1 Å². The Kier molecular flexibility index (Phi) is 3.22. The van der Waals surface area contributed by atoms with Gasteiger partial charge in [0.05, 0.1) is 6.54 Å². The van der Waals surface area contributed by atoms with Gasteiger partial charge >= 0.3 is 0 Å². The van der Waals surface area contributed by atoms with Gasteiger partial charge in [0.25, 0.3) is 0 Å². The molecule has 0 unspecified atom stereocenters. The highest BCUT2D eigenvalue weighted by Crippen LogP contribution is 2.21. The Morgan fingerprint density at radius 3 is 1.88 bits per heavy atom. The third kappa shape index (κ3) is 2.41. The van der Waals surface area contributed by atoms with Gasteiger partial charge in [0.15, 0.2) is 0 Å². The van der Waals surface area contributed by atoms with Crippen LogP contribution in [0.15, 0.2) is 48.5 Å². The summed E-state index contributed by atoms with van der Waals surface area (Å²) in [5.74, 6) is 0.298. The van der Waals surface area contributed by atoms with Gasteiger partial charge in [-0.05, 0) is 23.3 Å². The molecule has 0 aliphatic rings. The van der Waals surface area contributed by atoms with E-state index < -0.39 is 0 Å². The SMILES string of the molecule is [CH2-][NH2+]Cc1ccc(-c2ccc(O)cc2)cc1. The molecular formula is C14H15NO. The fourth-order valence-corrected chi connectivity index (χ4v) is 1.65. The Bertz CT molecular complexity index is 445. The molecule has 2 heteroatoms. The molecule has 16 heavy (non-hydrogen) atoms. The van der Waals surface area contributed by atoms with Crippen molar-refractivity contribution >= 4 is 0 Å². The van der Waals surface area contributed by atoms with Gasteiger partial charge in [0.1, 0.15) is 5.75 Å². The zero-order valence-electron chi connectivity index (χ0n) is 9.06. The quantitative estimate of drug-likeness (QED) is 0.751. The maximum absolute atomic E-state index is 9.21. The number of phenolic OH excluding ortho intramolecular Hbond substituents is 1. The Morgan fingerprint density at radius 1 is 0.875 bits per heavy atom. The zero-order valence-corrected chi connectivity index (χ0v) is 9.06. The Balaban J connectivity index is 2.24. The highest BCUT2D eigenvalue weighted by atomic mass is 16.3. The van der Waals surface area contributed by atoms with E-state index in [1.54, 1.807) is 12.1 Å². The second-order valence-corrected chi connectivity index (χ2v) is 3.74. The molecule has 0 heterocycles. The van der Waals surface area contributed by atoms with Gasteiger partial charge in [0.2, 0.25) is 0 Å². The normalized spacial score (nSPS) is 10.3. The Hall–Kier alpha value is -1.80. The summed E-state index contributed by atoms with van der Waals surface area (Å²) in [7, 11) is 3.72. The second kappa shape index (κ2) is 4.81. The molecule has 0 spiro atoms. The fraction of sp³-hybridized carbons (Fsp3) is 0.0714. The van der Waals surface area contributed by atoms with Gasteiger partial charge in [-0.3, -0.25) is 0 Å². The van der Waals surface area contributed by atoms with Crippen molar-refractivity contribution in [2.45, 2.75) is 6.54 Å². The number of rotatable bonds is 3. The van der Waals surface area contributed by atoms with Crippen LogP contribution in [0, 0.1) is 7.05 Å². The number of hydrogen-bond donors (Lipinski definition) is 2. The molecule has 0 saturated carbocycles. The van der Waals surface area contributed by atoms with Crippen molar-refractivity contribution in [1.29, 1.82) is 0 Å². The van der Waals surface area contributed by atoms with Crippen molar-refractivity contribution in [3.63, 3.8) is 0 Å². The molecule has 0 atom stereocenters. The molecule has 0 saturated heterocycles. The molecule has 2 aromatic carbocycles. The van der Waals surface area contributed by atoms with E-state index in [-0.39, 0.29) is 0 Å². The fourth-order valence-electron chi connectivity index (χ4n) is 1.65. The highest BCUT2D eigenvalue weighted by Gasteiger charge is 1.98. The average Bonchev–Trinajstić information content (AvgIpc) is 2.32. The molecule has 0 radical (unpaired) electrons. The van der Waals surface area contributed by atoms with Crippen molar-refractivity contribution in [3.8, 4) is 16.9 Å². The van der Waals surface area contributed by atoms with E-state index in [1.165, 1.54) is 5.56 Å². The molecule has 82 valence electrons. The first-order chi connectivity index (χ1) is 7.79. The summed E-state index contributed by atoms with van der Waals surface area (Å²) >= 11 is 0. The van der Waals surface area contributed by atoms with Gasteiger partial charge in [0, 0.05) is 5.56 Å². The van der Waals surface area contributed by atoms with Crippen LogP contribution in [-0.4, -0.2) is 5.11 Å². The second-order valence-electron chi connectivity index (χ2n) is 3.74. The van der Waals surface area contributed by atoms with E-state index in [2.05, 4.69) is 31.3 Å². The average molecular weight is 213 g/mol. The van der Waals surface area contributed by atoms with Gasteiger partial charge < -0.3 is 10.4 Å². The summed E-state index contributed by atoms with van der Waals surface area (Å²) in [5.41, 5.74) is 3.54. The number of phenols is 1. The minimum Gasteiger partial charge on any atom is -0.508 e. The van der Waals surface area contributed by atoms with E-state index >= 15 is 0 Å². The van der Waals surface area contributed by atoms with Crippen LogP contribution in [0.1, 0.15) is 5.56 Å². The van der Waals surface area contributed by atoms with Crippen LogP contribution in [0.25, 0.3) is 11.1 Å². The summed E-state index contributed by atoms with van der Waals surface area (Å²) in [6.07, 6.45) is 0. The van der Waals surface area contributed by atoms with Crippen molar-refractivity contribution in [1.82, 2.24) is 0 Å². The molecule has 2 nitrogen and oxygen atoms in total. The summed E-state index contributed by atoms with van der Waals surface area (Å²) in [5, 5.41) is 11.1. The van der Waals surface area contributed by atoms with Gasteiger partial charge in [-0.2, -0.15) is 7.05 Å². The molecule has 0 fully saturated rings. The maximum atomic E-state index is 9.21. The largest absolute Gasteiger partial charge is 0.508 e. The van der Waals surface area contributed by atoms with Crippen LogP contribution in [-0.2, 0) is 6.54 Å². The van der Waals surface area contributed by atoms with E-state index in [1.807, 2.05) is 17.4 Å². The summed E-state index contributed by atoms with van der Waals surface area (Å²) in [6, 6.07) is 15.6. The first kappa shape index (κ1) is 10.7. The number of nitrogens with two attached hydrogens (primary N) is 1. The maximum Gasteiger partial charge on any atom is 0.115 e. The molecule has 2 aromatic rings. The minimum atomic E-state index is 0.298. The molecule has 0 bridgehead atoms. The van der Waals surface area contributed by atoms with Crippen LogP contribution in [0.4, 0.5) is 0 Å². The third-order valence-electron chi connectivity index (χ3n) is 2.53. The van der Waals surface area contributed by atoms with Gasteiger partial charge in [-0.1, -0.05) is 36.4 Å². The third-order valence-corrected chi connectivity index (χ3v) is 2.53. The number of benzene rings is 2.